The van der Waals surface area contributed by atoms with E-state index in [1.165, 1.54) is 36.1 Å². The molecule has 148 valence electrons. The molecule has 0 saturated carbocycles. The third-order valence-corrected chi connectivity index (χ3v) is 4.38. The molecule has 5 nitrogen and oxygen atoms in total. The number of halogens is 6. The lowest BCUT2D eigenvalue weighted by Crippen LogP contribution is -2.55. The number of nitrogens with one attached hydrogen (secondary N) is 1. The van der Waals surface area contributed by atoms with Crippen LogP contribution in [-0.4, -0.2) is 27.6 Å². The van der Waals surface area contributed by atoms with E-state index < -0.39 is 34.9 Å². The first-order chi connectivity index (χ1) is 12.2. The second-order valence-corrected chi connectivity index (χ2v) is 6.01. The van der Waals surface area contributed by atoms with Gasteiger partial charge in [-0.2, -0.15) is 26.3 Å². The van der Waals surface area contributed by atoms with Crippen molar-refractivity contribution in [2.75, 3.05) is 5.32 Å². The topological polar surface area (TPSA) is 56.0 Å². The first-order valence-corrected chi connectivity index (χ1v) is 7.52. The van der Waals surface area contributed by atoms with Crippen molar-refractivity contribution in [3.8, 4) is 5.69 Å². The van der Waals surface area contributed by atoms with Gasteiger partial charge < -0.3 is 5.32 Å². The monoisotopic (exact) mass is 395 g/mol. The van der Waals surface area contributed by atoms with E-state index in [9.17, 15) is 35.9 Å². The molecule has 11 heteroatoms. The van der Waals surface area contributed by atoms with E-state index in [0.29, 0.717) is 5.69 Å². The summed E-state index contributed by atoms with van der Waals surface area (Å²) in [5.41, 5.74) is -5.98. The highest BCUT2D eigenvalue weighted by atomic mass is 19.4. The molecule has 2 aromatic rings. The van der Waals surface area contributed by atoms with Gasteiger partial charge in [-0.25, -0.2) is 4.68 Å². The van der Waals surface area contributed by atoms with Crippen LogP contribution >= 0.6 is 0 Å². The van der Waals surface area contributed by atoms with Crippen molar-refractivity contribution in [1.82, 2.24) is 9.36 Å². The van der Waals surface area contributed by atoms with Gasteiger partial charge in [0, 0.05) is 7.05 Å². The summed E-state index contributed by atoms with van der Waals surface area (Å²) in [6, 6.07) is 7.87. The van der Waals surface area contributed by atoms with Crippen molar-refractivity contribution >= 4 is 11.6 Å². The van der Waals surface area contributed by atoms with Crippen LogP contribution in [0.5, 0.6) is 0 Å². The van der Waals surface area contributed by atoms with Crippen LogP contribution in [0.3, 0.4) is 0 Å². The Morgan fingerprint density at radius 3 is 1.93 bits per heavy atom. The Bertz CT molecular complexity index is 895. The van der Waals surface area contributed by atoms with Crippen molar-refractivity contribution in [1.29, 1.82) is 0 Å². The molecule has 27 heavy (non-hydrogen) atoms. The minimum Gasteiger partial charge on any atom is -0.319 e. The van der Waals surface area contributed by atoms with Crippen LogP contribution in [0, 0.1) is 12.3 Å². The highest BCUT2D eigenvalue weighted by Gasteiger charge is 2.72. The number of alkyl halides is 6. The number of hydrogen-bond acceptors (Lipinski definition) is 2. The van der Waals surface area contributed by atoms with E-state index in [1.54, 1.807) is 18.2 Å². The van der Waals surface area contributed by atoms with Gasteiger partial charge in [-0.05, 0) is 26.0 Å². The molecule has 0 aliphatic heterocycles. The van der Waals surface area contributed by atoms with Gasteiger partial charge in [0.15, 0.2) is 0 Å². The van der Waals surface area contributed by atoms with E-state index in [1.807, 2.05) is 0 Å². The van der Waals surface area contributed by atoms with Crippen LogP contribution in [0.25, 0.3) is 5.69 Å². The lowest BCUT2D eigenvalue weighted by atomic mass is 9.87. The quantitative estimate of drug-likeness (QED) is 0.809. The molecule has 0 saturated heterocycles. The molecule has 1 heterocycles. The maximum atomic E-state index is 13.0. The molecule has 0 spiro atoms. The number of benzene rings is 1. The molecular formula is C16H15F6N3O2. The maximum absolute atomic E-state index is 13.0. The van der Waals surface area contributed by atoms with Crippen molar-refractivity contribution in [2.45, 2.75) is 26.2 Å². The predicted octanol–water partition coefficient (Wildman–Crippen LogP) is 3.55. The van der Waals surface area contributed by atoms with E-state index >= 15 is 0 Å². The number of para-hydroxylation sites is 1. The molecule has 2 rings (SSSR count). The summed E-state index contributed by atoms with van der Waals surface area (Å²) in [7, 11) is 1.38. The SMILES string of the molecule is Cc1c(NC(=O)C(C)(C(F)(F)F)C(F)(F)F)c(=O)n(-c2ccccc2)n1C. The Kier molecular flexibility index (Phi) is 4.93. The van der Waals surface area contributed by atoms with Crippen LogP contribution in [0.2, 0.25) is 0 Å². The Morgan fingerprint density at radius 1 is 1.00 bits per heavy atom. The number of rotatable bonds is 3. The fraction of sp³-hybridized carbons (Fsp3) is 0.375. The second-order valence-electron chi connectivity index (χ2n) is 6.01. The zero-order valence-electron chi connectivity index (χ0n) is 14.4. The van der Waals surface area contributed by atoms with Crippen LogP contribution in [0.1, 0.15) is 12.6 Å². The largest absolute Gasteiger partial charge is 0.411 e. The average molecular weight is 395 g/mol. The maximum Gasteiger partial charge on any atom is 0.411 e. The van der Waals surface area contributed by atoms with Crippen molar-refractivity contribution in [2.24, 2.45) is 12.5 Å². The Labute approximate surface area is 149 Å². The van der Waals surface area contributed by atoms with Crippen LogP contribution in [0.15, 0.2) is 35.1 Å². The van der Waals surface area contributed by atoms with Gasteiger partial charge in [0.1, 0.15) is 5.69 Å². The fourth-order valence-electron chi connectivity index (χ4n) is 2.37. The highest BCUT2D eigenvalue weighted by Crippen LogP contribution is 2.50. The van der Waals surface area contributed by atoms with Crippen LogP contribution in [-0.2, 0) is 11.8 Å². The third-order valence-electron chi connectivity index (χ3n) is 4.38. The first-order valence-electron chi connectivity index (χ1n) is 7.52. The molecule has 0 aliphatic rings. The smallest absolute Gasteiger partial charge is 0.319 e. The highest BCUT2D eigenvalue weighted by molar-refractivity contribution is 5.96. The number of hydrogen-bond donors (Lipinski definition) is 1. The molecule has 0 fully saturated rings. The molecule has 1 N–H and O–H groups in total. The lowest BCUT2D eigenvalue weighted by molar-refractivity contribution is -0.317. The molecular weight excluding hydrogens is 380 g/mol. The van der Waals surface area contributed by atoms with Crippen molar-refractivity contribution < 1.29 is 31.1 Å². The van der Waals surface area contributed by atoms with E-state index in [4.69, 9.17) is 0 Å². The third kappa shape index (κ3) is 3.21. The molecule has 0 bridgehead atoms. The zero-order valence-corrected chi connectivity index (χ0v) is 14.4. The number of nitrogens with zero attached hydrogens (tertiary/aromatic N) is 2. The van der Waals surface area contributed by atoms with Gasteiger partial charge >= 0.3 is 12.4 Å². The van der Waals surface area contributed by atoms with E-state index in [0.717, 1.165) is 4.68 Å². The number of carbonyl (C=O) groups is 1. The summed E-state index contributed by atoms with van der Waals surface area (Å²) in [6.45, 7) is 1.02. The minimum atomic E-state index is -5.91. The Morgan fingerprint density at radius 2 is 1.48 bits per heavy atom. The molecule has 1 amide bonds. The van der Waals surface area contributed by atoms with Gasteiger partial charge in [0.2, 0.25) is 11.3 Å². The lowest BCUT2D eigenvalue weighted by Gasteiger charge is -2.32. The molecule has 0 unspecified atom stereocenters. The van der Waals surface area contributed by atoms with Gasteiger partial charge in [-0.15, -0.1) is 0 Å². The summed E-state index contributed by atoms with van der Waals surface area (Å²) in [6.07, 6.45) is -11.8. The van der Waals surface area contributed by atoms with Crippen molar-refractivity contribution in [3.05, 3.63) is 46.4 Å². The second kappa shape index (κ2) is 6.46. The summed E-state index contributed by atoms with van der Waals surface area (Å²) in [5.74, 6) is -2.38. The number of carbonyl (C=O) groups excluding carboxylic acids is 1. The number of anilines is 1. The standard InChI is InChI=1S/C16H15F6N3O2/c1-9-11(12(26)25(24(9)3)10-7-5-4-6-8-10)23-13(27)14(2,15(17,18)19)16(20,21)22/h4-8H,1-3H3,(H,23,27). The first kappa shape index (κ1) is 20.6. The Hall–Kier alpha value is -2.72. The summed E-state index contributed by atoms with van der Waals surface area (Å²) < 4.78 is 80.4. The predicted molar refractivity (Wildman–Crippen MR) is 84.6 cm³/mol. The van der Waals surface area contributed by atoms with Gasteiger partial charge in [-0.3, -0.25) is 14.3 Å². The summed E-state index contributed by atoms with van der Waals surface area (Å²) >= 11 is 0. The van der Waals surface area contributed by atoms with Crippen molar-refractivity contribution in [3.63, 3.8) is 0 Å². The van der Waals surface area contributed by atoms with Gasteiger partial charge in [0.05, 0.1) is 11.4 Å². The fourth-order valence-corrected chi connectivity index (χ4v) is 2.37. The average Bonchev–Trinajstić information content (AvgIpc) is 2.76. The number of amides is 1. The van der Waals surface area contributed by atoms with Gasteiger partial charge in [0.25, 0.3) is 5.56 Å². The zero-order chi connectivity index (χ0) is 20.8. The van der Waals surface area contributed by atoms with E-state index in [2.05, 4.69) is 0 Å². The molecule has 0 radical (unpaired) electrons. The summed E-state index contributed by atoms with van der Waals surface area (Å²) in [5, 5.41) is 1.53. The molecule has 1 aromatic carbocycles. The van der Waals surface area contributed by atoms with Crippen LogP contribution in [0.4, 0.5) is 32.0 Å². The van der Waals surface area contributed by atoms with E-state index in [-0.39, 0.29) is 12.6 Å². The minimum absolute atomic E-state index is 0.0103. The Balaban J connectivity index is 2.56. The van der Waals surface area contributed by atoms with Gasteiger partial charge in [-0.1, -0.05) is 18.2 Å². The summed E-state index contributed by atoms with van der Waals surface area (Å²) in [4.78, 5) is 24.5. The van der Waals surface area contributed by atoms with Crippen LogP contribution < -0.4 is 10.9 Å². The molecule has 0 aliphatic carbocycles. The number of aromatic nitrogens is 2. The molecule has 0 atom stereocenters. The normalized spacial score (nSPS) is 12.9. The molecule has 1 aromatic heterocycles.